The average Bonchev–Trinajstić information content (AvgIpc) is 3.38. The van der Waals surface area contributed by atoms with Gasteiger partial charge in [0.25, 0.3) is 0 Å². The van der Waals surface area contributed by atoms with Gasteiger partial charge in [-0.05, 0) is 35.6 Å². The molecular formula is C24H31NO3. The standard InChI is InChI=1S/C24H31NO3/c1-2-9-21-19(6-1)7-5-8-20(21)12-15-26-23-11-4-3-10-22(23)25-14-13-24(18-25)27-16-17-28-24/h1-2,5-9,22-23H,3-4,10-18H2/t22?,23-/m0/s1. The third-order valence-corrected chi connectivity index (χ3v) is 6.76. The summed E-state index contributed by atoms with van der Waals surface area (Å²) in [5.74, 6) is -0.328. The van der Waals surface area contributed by atoms with Crippen molar-refractivity contribution in [2.24, 2.45) is 0 Å². The van der Waals surface area contributed by atoms with E-state index in [0.717, 1.165) is 45.8 Å². The van der Waals surface area contributed by atoms with Crippen molar-refractivity contribution in [3.8, 4) is 0 Å². The predicted molar refractivity (Wildman–Crippen MR) is 110 cm³/mol. The van der Waals surface area contributed by atoms with Crippen LogP contribution in [-0.4, -0.2) is 55.7 Å². The molecule has 4 nitrogen and oxygen atoms in total. The number of hydrogen-bond donors (Lipinski definition) is 0. The lowest BCUT2D eigenvalue weighted by Crippen LogP contribution is -2.47. The lowest BCUT2D eigenvalue weighted by molar-refractivity contribution is -0.149. The summed E-state index contributed by atoms with van der Waals surface area (Å²) < 4.78 is 18.4. The fourth-order valence-electron chi connectivity index (χ4n) is 5.32. The second-order valence-electron chi connectivity index (χ2n) is 8.48. The molecule has 2 aromatic rings. The number of ether oxygens (including phenoxy) is 3. The minimum absolute atomic E-state index is 0.328. The van der Waals surface area contributed by atoms with Crippen molar-refractivity contribution in [3.05, 3.63) is 48.0 Å². The van der Waals surface area contributed by atoms with Crippen LogP contribution in [0.4, 0.5) is 0 Å². The van der Waals surface area contributed by atoms with Crippen molar-refractivity contribution < 1.29 is 14.2 Å². The molecule has 3 fully saturated rings. The van der Waals surface area contributed by atoms with Crippen LogP contribution in [0.3, 0.4) is 0 Å². The summed E-state index contributed by atoms with van der Waals surface area (Å²) in [6.45, 7) is 4.24. The topological polar surface area (TPSA) is 30.9 Å². The summed E-state index contributed by atoms with van der Waals surface area (Å²) >= 11 is 0. The Morgan fingerprint density at radius 1 is 1.00 bits per heavy atom. The molecule has 4 heteroatoms. The van der Waals surface area contributed by atoms with E-state index >= 15 is 0 Å². The van der Waals surface area contributed by atoms with E-state index in [4.69, 9.17) is 14.2 Å². The number of likely N-dealkylation sites (tertiary alicyclic amines) is 1. The van der Waals surface area contributed by atoms with Crippen LogP contribution in [0.5, 0.6) is 0 Å². The fourth-order valence-corrected chi connectivity index (χ4v) is 5.32. The zero-order valence-electron chi connectivity index (χ0n) is 16.6. The van der Waals surface area contributed by atoms with Gasteiger partial charge in [0.05, 0.1) is 32.5 Å². The Hall–Kier alpha value is -1.46. The largest absolute Gasteiger partial charge is 0.376 e. The maximum Gasteiger partial charge on any atom is 0.182 e. The van der Waals surface area contributed by atoms with Crippen LogP contribution in [0.15, 0.2) is 42.5 Å². The Bertz CT molecular complexity index is 796. The Labute approximate surface area is 167 Å². The highest BCUT2D eigenvalue weighted by molar-refractivity contribution is 5.85. The van der Waals surface area contributed by atoms with Crippen LogP contribution in [0.2, 0.25) is 0 Å². The van der Waals surface area contributed by atoms with E-state index in [-0.39, 0.29) is 5.79 Å². The minimum Gasteiger partial charge on any atom is -0.376 e. The van der Waals surface area contributed by atoms with E-state index in [1.807, 2.05) is 0 Å². The van der Waals surface area contributed by atoms with Gasteiger partial charge in [0, 0.05) is 19.0 Å². The Kier molecular flexibility index (Phi) is 5.38. The van der Waals surface area contributed by atoms with E-state index in [2.05, 4.69) is 47.4 Å². The average molecular weight is 382 g/mol. The zero-order chi connectivity index (χ0) is 18.8. The van der Waals surface area contributed by atoms with Crippen LogP contribution in [0.1, 0.15) is 37.7 Å². The van der Waals surface area contributed by atoms with E-state index < -0.39 is 0 Å². The molecule has 2 atom stereocenters. The summed E-state index contributed by atoms with van der Waals surface area (Å²) in [4.78, 5) is 2.58. The number of hydrogen-bond acceptors (Lipinski definition) is 4. The van der Waals surface area contributed by atoms with Gasteiger partial charge < -0.3 is 14.2 Å². The van der Waals surface area contributed by atoms with Gasteiger partial charge in [-0.1, -0.05) is 55.3 Å². The van der Waals surface area contributed by atoms with Crippen molar-refractivity contribution in [2.45, 2.75) is 56.5 Å². The second kappa shape index (κ2) is 8.11. The fraction of sp³-hybridized carbons (Fsp3) is 0.583. The number of benzene rings is 2. The second-order valence-corrected chi connectivity index (χ2v) is 8.48. The van der Waals surface area contributed by atoms with Crippen LogP contribution < -0.4 is 0 Å². The molecule has 5 rings (SSSR count). The van der Waals surface area contributed by atoms with E-state index in [0.29, 0.717) is 12.1 Å². The highest BCUT2D eigenvalue weighted by atomic mass is 16.7. The molecule has 2 aromatic carbocycles. The van der Waals surface area contributed by atoms with Gasteiger partial charge in [-0.3, -0.25) is 4.90 Å². The van der Waals surface area contributed by atoms with Crippen LogP contribution in [-0.2, 0) is 20.6 Å². The van der Waals surface area contributed by atoms with Gasteiger partial charge in [-0.2, -0.15) is 0 Å². The number of fused-ring (bicyclic) bond motifs is 1. The van der Waals surface area contributed by atoms with Crippen LogP contribution in [0, 0.1) is 0 Å². The maximum atomic E-state index is 6.49. The molecular weight excluding hydrogens is 350 g/mol. The van der Waals surface area contributed by atoms with Crippen molar-refractivity contribution in [1.82, 2.24) is 4.90 Å². The third kappa shape index (κ3) is 3.71. The molecule has 1 aliphatic carbocycles. The monoisotopic (exact) mass is 381 g/mol. The highest BCUT2D eigenvalue weighted by Gasteiger charge is 2.46. The SMILES string of the molecule is c1ccc2c(CCO[C@H]3CCCCC3N3CCC4(C3)OCCO4)cccc2c1. The van der Waals surface area contributed by atoms with E-state index in [1.165, 1.54) is 42.0 Å². The smallest absolute Gasteiger partial charge is 0.182 e. The van der Waals surface area contributed by atoms with Gasteiger partial charge in [0.15, 0.2) is 5.79 Å². The first-order valence-electron chi connectivity index (χ1n) is 10.9. The van der Waals surface area contributed by atoms with Crippen LogP contribution in [0.25, 0.3) is 10.8 Å². The normalized spacial score (nSPS) is 27.7. The molecule has 0 radical (unpaired) electrons. The minimum atomic E-state index is -0.328. The first kappa shape index (κ1) is 18.6. The molecule has 3 aliphatic rings. The van der Waals surface area contributed by atoms with Crippen molar-refractivity contribution in [1.29, 1.82) is 0 Å². The van der Waals surface area contributed by atoms with Gasteiger partial charge >= 0.3 is 0 Å². The Morgan fingerprint density at radius 3 is 2.75 bits per heavy atom. The molecule has 0 aromatic heterocycles. The molecule has 2 aliphatic heterocycles. The molecule has 0 bridgehead atoms. The van der Waals surface area contributed by atoms with Gasteiger partial charge in [0.2, 0.25) is 0 Å². The third-order valence-electron chi connectivity index (χ3n) is 6.76. The lowest BCUT2D eigenvalue weighted by Gasteiger charge is -2.38. The molecule has 150 valence electrons. The summed E-state index contributed by atoms with van der Waals surface area (Å²) in [5, 5.41) is 2.67. The summed E-state index contributed by atoms with van der Waals surface area (Å²) in [7, 11) is 0. The summed E-state index contributed by atoms with van der Waals surface area (Å²) in [6.07, 6.45) is 7.29. The van der Waals surface area contributed by atoms with Gasteiger partial charge in [-0.15, -0.1) is 0 Å². The van der Waals surface area contributed by atoms with Crippen LogP contribution >= 0.6 is 0 Å². The van der Waals surface area contributed by atoms with Crippen molar-refractivity contribution in [3.63, 3.8) is 0 Å². The van der Waals surface area contributed by atoms with Gasteiger partial charge in [0.1, 0.15) is 0 Å². The zero-order valence-corrected chi connectivity index (χ0v) is 16.6. The molecule has 0 amide bonds. The van der Waals surface area contributed by atoms with Gasteiger partial charge in [-0.25, -0.2) is 0 Å². The first-order chi connectivity index (χ1) is 13.8. The molecule has 28 heavy (non-hydrogen) atoms. The van der Waals surface area contributed by atoms with E-state index in [1.54, 1.807) is 0 Å². The first-order valence-corrected chi connectivity index (χ1v) is 10.9. The molecule has 2 heterocycles. The van der Waals surface area contributed by atoms with Crippen molar-refractivity contribution >= 4 is 10.8 Å². The van der Waals surface area contributed by atoms with Crippen molar-refractivity contribution in [2.75, 3.05) is 32.9 Å². The molecule has 1 unspecified atom stereocenters. The predicted octanol–water partition coefficient (Wildman–Crippen LogP) is 4.16. The summed E-state index contributed by atoms with van der Waals surface area (Å²) in [6, 6.07) is 15.7. The van der Waals surface area contributed by atoms with E-state index in [9.17, 15) is 0 Å². The quantitative estimate of drug-likeness (QED) is 0.778. The molecule has 2 saturated heterocycles. The summed E-state index contributed by atoms with van der Waals surface area (Å²) in [5.41, 5.74) is 1.39. The Balaban J connectivity index is 1.21. The number of rotatable bonds is 5. The Morgan fingerprint density at radius 2 is 1.82 bits per heavy atom. The highest BCUT2D eigenvalue weighted by Crippen LogP contribution is 2.35. The molecule has 1 saturated carbocycles. The maximum absolute atomic E-state index is 6.49. The molecule has 1 spiro atoms. The molecule has 0 N–H and O–H groups in total. The number of nitrogens with zero attached hydrogens (tertiary/aromatic N) is 1. The lowest BCUT2D eigenvalue weighted by atomic mass is 9.91.